The zero-order valence-electron chi connectivity index (χ0n) is 12.8. The summed E-state index contributed by atoms with van der Waals surface area (Å²) in [6.45, 7) is 0. The Morgan fingerprint density at radius 2 is 2.04 bits per heavy atom. The monoisotopic (exact) mass is 368 g/mol. The first-order chi connectivity index (χ1) is 12.0. The number of hydrogen-bond donors (Lipinski definition) is 1. The van der Waals surface area contributed by atoms with Gasteiger partial charge < -0.3 is 14.3 Å². The summed E-state index contributed by atoms with van der Waals surface area (Å²) in [4.78, 5) is 11.9. The zero-order chi connectivity index (χ0) is 18.0. The third-order valence-electron chi connectivity index (χ3n) is 3.22. The van der Waals surface area contributed by atoms with Crippen LogP contribution in [0.2, 0.25) is 0 Å². The second kappa shape index (κ2) is 7.01. The van der Waals surface area contributed by atoms with Gasteiger partial charge in [-0.25, -0.2) is 13.2 Å². The van der Waals surface area contributed by atoms with Gasteiger partial charge >= 0.3 is 0 Å². The van der Waals surface area contributed by atoms with Gasteiger partial charge in [0.15, 0.2) is 34.2 Å². The Morgan fingerprint density at radius 1 is 1.24 bits per heavy atom. The van der Waals surface area contributed by atoms with E-state index < -0.39 is 29.0 Å². The zero-order valence-corrected chi connectivity index (χ0v) is 13.6. The molecule has 1 aromatic carbocycles. The minimum absolute atomic E-state index is 0.122. The minimum atomic E-state index is -1.64. The first-order valence-corrected chi connectivity index (χ1v) is 7.95. The number of hydrogen-bond acceptors (Lipinski definition) is 5. The molecule has 10 heteroatoms. The highest BCUT2D eigenvalue weighted by molar-refractivity contribution is 7.99. The van der Waals surface area contributed by atoms with E-state index in [2.05, 4.69) is 15.5 Å². The largest absolute Gasteiger partial charge is 0.461 e. The molecule has 1 N–H and O–H groups in total. The number of carbonyl (C=O) groups is 1. The van der Waals surface area contributed by atoms with Crippen LogP contribution in [-0.4, -0.2) is 26.4 Å². The second-order valence-corrected chi connectivity index (χ2v) is 5.84. The maximum absolute atomic E-state index is 13.5. The van der Waals surface area contributed by atoms with Crippen LogP contribution in [-0.2, 0) is 11.8 Å². The molecule has 6 nitrogen and oxygen atoms in total. The summed E-state index contributed by atoms with van der Waals surface area (Å²) in [6, 6.07) is 5.12. The average molecular weight is 368 g/mol. The van der Waals surface area contributed by atoms with Crippen molar-refractivity contribution in [3.8, 4) is 11.6 Å². The molecule has 25 heavy (non-hydrogen) atoms. The molecule has 1 amide bonds. The molecule has 0 aliphatic heterocycles. The van der Waals surface area contributed by atoms with E-state index in [1.54, 1.807) is 23.7 Å². The van der Waals surface area contributed by atoms with Gasteiger partial charge in [-0.1, -0.05) is 11.8 Å². The third kappa shape index (κ3) is 3.53. The van der Waals surface area contributed by atoms with Crippen LogP contribution in [0.25, 0.3) is 11.6 Å². The number of nitrogens with zero attached hydrogens (tertiary/aromatic N) is 3. The van der Waals surface area contributed by atoms with Crippen LogP contribution in [0.1, 0.15) is 0 Å². The van der Waals surface area contributed by atoms with Gasteiger partial charge in [0.2, 0.25) is 5.91 Å². The van der Waals surface area contributed by atoms with Gasteiger partial charge in [0.05, 0.1) is 17.7 Å². The molecule has 0 unspecified atom stereocenters. The molecule has 3 rings (SSSR count). The molecular weight excluding hydrogens is 357 g/mol. The Hall–Kier alpha value is -2.75. The van der Waals surface area contributed by atoms with Gasteiger partial charge in [0, 0.05) is 7.05 Å². The van der Waals surface area contributed by atoms with Crippen LogP contribution in [0.3, 0.4) is 0 Å². The van der Waals surface area contributed by atoms with Crippen LogP contribution >= 0.6 is 11.8 Å². The Balaban J connectivity index is 1.65. The molecule has 3 aromatic rings. The summed E-state index contributed by atoms with van der Waals surface area (Å²) in [5.74, 6) is -4.12. The van der Waals surface area contributed by atoms with E-state index in [4.69, 9.17) is 4.42 Å². The van der Waals surface area contributed by atoms with E-state index in [0.29, 0.717) is 16.7 Å². The van der Waals surface area contributed by atoms with Crippen molar-refractivity contribution in [1.82, 2.24) is 14.8 Å². The van der Waals surface area contributed by atoms with Gasteiger partial charge in [-0.05, 0) is 24.3 Å². The predicted octanol–water partition coefficient (Wildman–Crippen LogP) is 3.22. The van der Waals surface area contributed by atoms with Crippen molar-refractivity contribution in [1.29, 1.82) is 0 Å². The first-order valence-electron chi connectivity index (χ1n) is 6.96. The number of thioether (sulfide) groups is 1. The van der Waals surface area contributed by atoms with Gasteiger partial charge in [-0.3, -0.25) is 4.79 Å². The average Bonchev–Trinajstić information content (AvgIpc) is 3.23. The summed E-state index contributed by atoms with van der Waals surface area (Å²) in [6.07, 6.45) is 1.50. The molecule has 0 saturated heterocycles. The molecule has 0 radical (unpaired) electrons. The lowest BCUT2D eigenvalue weighted by Gasteiger charge is -2.07. The van der Waals surface area contributed by atoms with E-state index in [9.17, 15) is 18.0 Å². The summed E-state index contributed by atoms with van der Waals surface area (Å²) in [5.41, 5.74) is -0.432. The highest BCUT2D eigenvalue weighted by atomic mass is 32.2. The molecule has 2 heterocycles. The standard InChI is InChI=1S/C15H11F3N4O2S/c1-22-14(10-3-2-6-24-10)20-21-15(22)25-7-11(23)19-9-5-4-8(16)12(17)13(9)18/h2-6H,7H2,1H3,(H,19,23). The summed E-state index contributed by atoms with van der Waals surface area (Å²) in [5, 5.41) is 10.5. The van der Waals surface area contributed by atoms with Crippen molar-refractivity contribution in [3.05, 3.63) is 48.0 Å². The highest BCUT2D eigenvalue weighted by Gasteiger charge is 2.17. The van der Waals surface area contributed by atoms with Gasteiger partial charge in [-0.15, -0.1) is 10.2 Å². The smallest absolute Gasteiger partial charge is 0.234 e. The Morgan fingerprint density at radius 3 is 2.76 bits per heavy atom. The van der Waals surface area contributed by atoms with Crippen molar-refractivity contribution < 1.29 is 22.4 Å². The topological polar surface area (TPSA) is 73.0 Å². The molecule has 0 saturated carbocycles. The summed E-state index contributed by atoms with van der Waals surface area (Å²) >= 11 is 1.05. The van der Waals surface area contributed by atoms with Crippen LogP contribution in [0.5, 0.6) is 0 Å². The van der Waals surface area contributed by atoms with Crippen LogP contribution in [0.15, 0.2) is 40.1 Å². The number of nitrogens with one attached hydrogen (secondary N) is 1. The SMILES string of the molecule is Cn1c(SCC(=O)Nc2ccc(F)c(F)c2F)nnc1-c1ccco1. The first kappa shape index (κ1) is 17.1. The van der Waals surface area contributed by atoms with Gasteiger partial charge in [-0.2, -0.15) is 0 Å². The Kier molecular flexibility index (Phi) is 4.79. The van der Waals surface area contributed by atoms with Crippen molar-refractivity contribution in [3.63, 3.8) is 0 Å². The number of halogens is 3. The number of aromatic nitrogens is 3. The lowest BCUT2D eigenvalue weighted by Crippen LogP contribution is -2.16. The molecular formula is C15H11F3N4O2S. The van der Waals surface area contributed by atoms with Crippen LogP contribution in [0, 0.1) is 17.5 Å². The second-order valence-electron chi connectivity index (χ2n) is 4.90. The van der Waals surface area contributed by atoms with Gasteiger partial charge in [0.1, 0.15) is 0 Å². The number of furan rings is 1. The fraction of sp³-hybridized carbons (Fsp3) is 0.133. The quantitative estimate of drug-likeness (QED) is 0.553. The van der Waals surface area contributed by atoms with Crippen LogP contribution in [0.4, 0.5) is 18.9 Å². The third-order valence-corrected chi connectivity index (χ3v) is 4.24. The van der Waals surface area contributed by atoms with E-state index in [1.165, 1.54) is 6.26 Å². The molecule has 0 bridgehead atoms. The molecule has 130 valence electrons. The summed E-state index contributed by atoms with van der Waals surface area (Å²) in [7, 11) is 1.70. The maximum atomic E-state index is 13.5. The lowest BCUT2D eigenvalue weighted by atomic mass is 10.3. The Bertz CT molecular complexity index is 912. The highest BCUT2D eigenvalue weighted by Crippen LogP contribution is 2.24. The molecule has 0 spiro atoms. The van der Waals surface area contributed by atoms with E-state index >= 15 is 0 Å². The fourth-order valence-electron chi connectivity index (χ4n) is 2.00. The summed E-state index contributed by atoms with van der Waals surface area (Å²) < 4.78 is 46.4. The molecule has 2 aromatic heterocycles. The van der Waals surface area contributed by atoms with E-state index in [1.807, 2.05) is 0 Å². The number of rotatable bonds is 5. The number of amides is 1. The normalized spacial score (nSPS) is 10.9. The fourth-order valence-corrected chi connectivity index (χ4v) is 2.71. The maximum Gasteiger partial charge on any atom is 0.234 e. The van der Waals surface area contributed by atoms with Crippen LogP contribution < -0.4 is 5.32 Å². The van der Waals surface area contributed by atoms with Gasteiger partial charge in [0.25, 0.3) is 0 Å². The molecule has 0 fully saturated rings. The molecule has 0 aliphatic rings. The van der Waals surface area contributed by atoms with E-state index in [-0.39, 0.29) is 5.75 Å². The number of benzene rings is 1. The van der Waals surface area contributed by atoms with Crippen molar-refractivity contribution in [2.75, 3.05) is 11.1 Å². The van der Waals surface area contributed by atoms with Crippen molar-refractivity contribution in [2.24, 2.45) is 7.05 Å². The number of carbonyl (C=O) groups excluding carboxylic acids is 1. The van der Waals surface area contributed by atoms with Crippen molar-refractivity contribution in [2.45, 2.75) is 5.16 Å². The Labute approximate surface area is 144 Å². The van der Waals surface area contributed by atoms with E-state index in [0.717, 1.165) is 23.9 Å². The number of anilines is 1. The lowest BCUT2D eigenvalue weighted by molar-refractivity contribution is -0.113. The minimum Gasteiger partial charge on any atom is -0.461 e. The van der Waals surface area contributed by atoms with Crippen molar-refractivity contribution >= 4 is 23.4 Å². The molecule has 0 atom stereocenters. The predicted molar refractivity (Wildman–Crippen MR) is 84.4 cm³/mol. The molecule has 0 aliphatic carbocycles.